The van der Waals surface area contributed by atoms with Crippen molar-refractivity contribution in [2.24, 2.45) is 0 Å². The van der Waals surface area contributed by atoms with E-state index in [-0.39, 0.29) is 11.9 Å². The summed E-state index contributed by atoms with van der Waals surface area (Å²) in [5.41, 5.74) is 2.16. The van der Waals surface area contributed by atoms with Gasteiger partial charge in [-0.25, -0.2) is 0 Å². The lowest BCUT2D eigenvalue weighted by Gasteiger charge is -2.30. The van der Waals surface area contributed by atoms with Crippen LogP contribution in [-0.4, -0.2) is 37.6 Å². The van der Waals surface area contributed by atoms with Crippen LogP contribution in [0.25, 0.3) is 0 Å². The molecule has 2 aromatic carbocycles. The van der Waals surface area contributed by atoms with Gasteiger partial charge in [-0.3, -0.25) is 9.69 Å². The number of nitrogens with one attached hydrogen (secondary N) is 1. The van der Waals surface area contributed by atoms with Gasteiger partial charge in [0.25, 0.3) is 0 Å². The molecule has 2 aromatic rings. The Morgan fingerprint density at radius 2 is 1.85 bits per heavy atom. The van der Waals surface area contributed by atoms with E-state index in [0.717, 1.165) is 34.4 Å². The van der Waals surface area contributed by atoms with Gasteiger partial charge < -0.3 is 10.1 Å². The Kier molecular flexibility index (Phi) is 8.13. The molecule has 2 rings (SSSR count). The molecule has 5 heteroatoms. The van der Waals surface area contributed by atoms with E-state index in [2.05, 4.69) is 46.1 Å². The van der Waals surface area contributed by atoms with Crippen LogP contribution in [0, 0.1) is 0 Å². The van der Waals surface area contributed by atoms with E-state index < -0.39 is 0 Å². The Hall–Kier alpha value is -1.85. The number of likely N-dealkylation sites (N-methyl/N-ethyl adjacent to an activating group) is 1. The molecular weight excluding hydrogens is 392 g/mol. The molecule has 0 aliphatic heterocycles. The molecule has 0 saturated heterocycles. The molecule has 1 amide bonds. The number of carbonyl (C=O) groups excluding carboxylic acids is 1. The summed E-state index contributed by atoms with van der Waals surface area (Å²) in [5, 5.41) is 3.10. The number of ether oxygens (including phenoxy) is 1. The summed E-state index contributed by atoms with van der Waals surface area (Å²) in [7, 11) is 1.67. The van der Waals surface area contributed by atoms with Gasteiger partial charge in [0.1, 0.15) is 5.75 Å². The molecule has 0 radical (unpaired) electrons. The molecule has 0 aliphatic rings. The average molecular weight is 419 g/mol. The lowest BCUT2D eigenvalue weighted by molar-refractivity contribution is -0.120. The second-order valence-corrected chi connectivity index (χ2v) is 7.04. The van der Waals surface area contributed by atoms with E-state index in [4.69, 9.17) is 4.74 Å². The number of rotatable bonds is 9. The van der Waals surface area contributed by atoms with Gasteiger partial charge in [-0.15, -0.1) is 0 Å². The van der Waals surface area contributed by atoms with Crippen molar-refractivity contribution >= 4 is 21.8 Å². The number of hydrogen-bond donors (Lipinski definition) is 1. The van der Waals surface area contributed by atoms with Crippen LogP contribution in [0.1, 0.15) is 31.0 Å². The highest BCUT2D eigenvalue weighted by Gasteiger charge is 2.19. The summed E-state index contributed by atoms with van der Waals surface area (Å²) in [6, 6.07) is 16.0. The van der Waals surface area contributed by atoms with Crippen LogP contribution < -0.4 is 10.1 Å². The van der Waals surface area contributed by atoms with Crippen molar-refractivity contribution in [2.45, 2.75) is 26.3 Å². The van der Waals surface area contributed by atoms with Crippen molar-refractivity contribution in [3.05, 3.63) is 64.1 Å². The second-order valence-electron chi connectivity index (χ2n) is 6.12. The molecule has 140 valence electrons. The zero-order valence-electron chi connectivity index (χ0n) is 15.7. The van der Waals surface area contributed by atoms with Gasteiger partial charge in [0.05, 0.1) is 19.6 Å². The van der Waals surface area contributed by atoms with Crippen molar-refractivity contribution in [1.82, 2.24) is 10.2 Å². The summed E-state index contributed by atoms with van der Waals surface area (Å²) >= 11 is 3.41. The predicted octanol–water partition coefficient (Wildman–Crippen LogP) is 4.20. The first-order valence-corrected chi connectivity index (χ1v) is 9.75. The quantitative estimate of drug-likeness (QED) is 0.663. The van der Waals surface area contributed by atoms with Crippen LogP contribution in [0.2, 0.25) is 0 Å². The Morgan fingerprint density at radius 3 is 2.46 bits per heavy atom. The highest BCUT2D eigenvalue weighted by molar-refractivity contribution is 9.10. The molecular formula is C21H27BrN2O2. The maximum absolute atomic E-state index is 12.4. The Bertz CT molecular complexity index is 699. The topological polar surface area (TPSA) is 41.6 Å². The smallest absolute Gasteiger partial charge is 0.224 e. The van der Waals surface area contributed by atoms with Gasteiger partial charge in [0.15, 0.2) is 0 Å². The predicted molar refractivity (Wildman–Crippen MR) is 110 cm³/mol. The van der Waals surface area contributed by atoms with Crippen molar-refractivity contribution < 1.29 is 9.53 Å². The fourth-order valence-electron chi connectivity index (χ4n) is 3.03. The number of amides is 1. The molecule has 1 N–H and O–H groups in total. The Labute approximate surface area is 164 Å². The highest BCUT2D eigenvalue weighted by Crippen LogP contribution is 2.24. The lowest BCUT2D eigenvalue weighted by Crippen LogP contribution is -2.38. The van der Waals surface area contributed by atoms with Gasteiger partial charge in [-0.2, -0.15) is 0 Å². The number of nitrogens with zero attached hydrogens (tertiary/aromatic N) is 1. The van der Waals surface area contributed by atoms with Crippen molar-refractivity contribution in [3.8, 4) is 5.75 Å². The van der Waals surface area contributed by atoms with Crippen LogP contribution >= 0.6 is 15.9 Å². The van der Waals surface area contributed by atoms with Gasteiger partial charge in [0, 0.05) is 11.0 Å². The third-order valence-electron chi connectivity index (χ3n) is 4.50. The summed E-state index contributed by atoms with van der Waals surface area (Å²) in [6.45, 7) is 6.69. The first-order chi connectivity index (χ1) is 12.6. The van der Waals surface area contributed by atoms with Gasteiger partial charge in [-0.05, 0) is 48.5 Å². The van der Waals surface area contributed by atoms with E-state index in [1.165, 1.54) is 0 Å². The number of carbonyl (C=O) groups is 1. The van der Waals surface area contributed by atoms with Gasteiger partial charge >= 0.3 is 0 Å². The van der Waals surface area contributed by atoms with Crippen molar-refractivity contribution in [3.63, 3.8) is 0 Å². The largest absolute Gasteiger partial charge is 0.497 e. The standard InChI is InChI=1S/C21H27BrN2O2/c1-4-24(5-2)20(17-7-6-8-19(14-17)26-3)15-23-21(25)13-16-9-11-18(22)12-10-16/h6-12,14,20H,4-5,13,15H2,1-3H3,(H,23,25)/t20-/m0/s1. The highest BCUT2D eigenvalue weighted by atomic mass is 79.9. The van der Waals surface area contributed by atoms with Crippen LogP contribution in [0.5, 0.6) is 5.75 Å². The normalized spacial score (nSPS) is 12.0. The second kappa shape index (κ2) is 10.3. The van der Waals surface area contributed by atoms with E-state index in [1.807, 2.05) is 42.5 Å². The van der Waals surface area contributed by atoms with Crippen LogP contribution in [0.4, 0.5) is 0 Å². The van der Waals surface area contributed by atoms with Crippen LogP contribution in [-0.2, 0) is 11.2 Å². The molecule has 26 heavy (non-hydrogen) atoms. The monoisotopic (exact) mass is 418 g/mol. The van der Waals surface area contributed by atoms with E-state index in [9.17, 15) is 4.79 Å². The maximum Gasteiger partial charge on any atom is 0.224 e. The first kappa shape index (κ1) is 20.5. The number of halogens is 1. The molecule has 0 aliphatic carbocycles. The molecule has 0 bridgehead atoms. The summed E-state index contributed by atoms with van der Waals surface area (Å²) < 4.78 is 6.37. The van der Waals surface area contributed by atoms with Crippen molar-refractivity contribution in [2.75, 3.05) is 26.7 Å². The molecule has 0 unspecified atom stereocenters. The van der Waals surface area contributed by atoms with Crippen LogP contribution in [0.3, 0.4) is 0 Å². The number of hydrogen-bond acceptors (Lipinski definition) is 3. The zero-order chi connectivity index (χ0) is 18.9. The minimum Gasteiger partial charge on any atom is -0.497 e. The van der Waals surface area contributed by atoms with Crippen molar-refractivity contribution in [1.29, 1.82) is 0 Å². The maximum atomic E-state index is 12.4. The molecule has 4 nitrogen and oxygen atoms in total. The molecule has 0 heterocycles. The minimum atomic E-state index is 0.0346. The minimum absolute atomic E-state index is 0.0346. The fourth-order valence-corrected chi connectivity index (χ4v) is 3.30. The molecule has 0 aromatic heterocycles. The summed E-state index contributed by atoms with van der Waals surface area (Å²) in [5.74, 6) is 0.869. The molecule has 0 spiro atoms. The Morgan fingerprint density at radius 1 is 1.15 bits per heavy atom. The number of benzene rings is 2. The fraction of sp³-hybridized carbons (Fsp3) is 0.381. The third-order valence-corrected chi connectivity index (χ3v) is 5.03. The summed E-state index contributed by atoms with van der Waals surface area (Å²) in [6.07, 6.45) is 0.385. The lowest BCUT2D eigenvalue weighted by atomic mass is 10.0. The van der Waals surface area contributed by atoms with Crippen LogP contribution in [0.15, 0.2) is 53.0 Å². The first-order valence-electron chi connectivity index (χ1n) is 8.96. The number of methoxy groups -OCH3 is 1. The van der Waals surface area contributed by atoms with E-state index in [1.54, 1.807) is 7.11 Å². The average Bonchev–Trinajstić information content (AvgIpc) is 2.67. The molecule has 0 fully saturated rings. The van der Waals surface area contributed by atoms with Gasteiger partial charge in [0.2, 0.25) is 5.91 Å². The van der Waals surface area contributed by atoms with Gasteiger partial charge in [-0.1, -0.05) is 54.0 Å². The third kappa shape index (κ3) is 5.85. The summed E-state index contributed by atoms with van der Waals surface area (Å²) in [4.78, 5) is 14.7. The van der Waals surface area contributed by atoms with E-state index in [0.29, 0.717) is 13.0 Å². The molecule has 1 atom stereocenters. The Balaban J connectivity index is 2.06. The molecule has 0 saturated carbocycles. The zero-order valence-corrected chi connectivity index (χ0v) is 17.3. The SMILES string of the molecule is CCN(CC)[C@@H](CNC(=O)Cc1ccc(Br)cc1)c1cccc(OC)c1. The van der Waals surface area contributed by atoms with E-state index >= 15 is 0 Å².